The van der Waals surface area contributed by atoms with Crippen molar-refractivity contribution in [1.82, 2.24) is 14.9 Å². The van der Waals surface area contributed by atoms with Crippen molar-refractivity contribution in [2.24, 2.45) is 22.8 Å². The normalized spacial score (nSPS) is 19.2. The predicted octanol–water partition coefficient (Wildman–Crippen LogP) is 2.10. The van der Waals surface area contributed by atoms with E-state index in [4.69, 9.17) is 10.5 Å². The van der Waals surface area contributed by atoms with Crippen LogP contribution in [-0.2, 0) is 23.0 Å². The van der Waals surface area contributed by atoms with Crippen LogP contribution in [0.1, 0.15) is 18.3 Å². The van der Waals surface area contributed by atoms with Gasteiger partial charge in [-0.15, -0.1) is 0 Å². The van der Waals surface area contributed by atoms with Crippen LogP contribution in [0.4, 0.5) is 14.5 Å². The summed E-state index contributed by atoms with van der Waals surface area (Å²) in [4.78, 5) is 28.3. The highest BCUT2D eigenvalue weighted by Crippen LogP contribution is 2.31. The van der Waals surface area contributed by atoms with E-state index in [-0.39, 0.29) is 30.5 Å². The fourth-order valence-electron chi connectivity index (χ4n) is 4.30. The molecule has 0 bridgehead atoms. The highest BCUT2D eigenvalue weighted by Gasteiger charge is 2.41. The summed E-state index contributed by atoms with van der Waals surface area (Å²) in [7, 11) is 1.86. The average Bonchev–Trinajstić information content (AvgIpc) is 3.18. The molecule has 0 fully saturated rings. The van der Waals surface area contributed by atoms with Crippen molar-refractivity contribution < 1.29 is 28.2 Å². The number of aryl methyl sites for hydroxylation is 1. The number of alkyl halides is 2. The second kappa shape index (κ2) is 9.93. The third-order valence-corrected chi connectivity index (χ3v) is 6.01. The van der Waals surface area contributed by atoms with Gasteiger partial charge < -0.3 is 19.1 Å². The van der Waals surface area contributed by atoms with Gasteiger partial charge in [0.1, 0.15) is 11.6 Å². The van der Waals surface area contributed by atoms with Gasteiger partial charge in [0.05, 0.1) is 23.3 Å². The van der Waals surface area contributed by atoms with E-state index >= 15 is 0 Å². The number of anilines is 1. The number of amidine groups is 1. The van der Waals surface area contributed by atoms with Crippen molar-refractivity contribution in [1.29, 1.82) is 0 Å². The van der Waals surface area contributed by atoms with E-state index in [9.17, 15) is 18.7 Å². The average molecular weight is 526 g/mol. The van der Waals surface area contributed by atoms with Crippen molar-refractivity contribution in [2.75, 3.05) is 18.1 Å². The van der Waals surface area contributed by atoms with Gasteiger partial charge in [-0.05, 0) is 43.3 Å². The van der Waals surface area contributed by atoms with Crippen LogP contribution >= 0.6 is 0 Å². The number of aliphatic hydroxyl groups is 1. The molecule has 1 aromatic heterocycles. The number of nitrogens with two attached hydrogens (primary N) is 1. The van der Waals surface area contributed by atoms with E-state index in [0.717, 1.165) is 16.9 Å². The molecule has 38 heavy (non-hydrogen) atoms. The standard InChI is InChI=1S/C25H25F2N7O4/c1-3-37-25(28)31-22-21(23(36)32-25)30-18(13-34(22)15-5-7-16(8-6-15)38-24(26)27)14-4-9-17-19(12-14)33(2)20(29-17)10-11-35/h4-9,12-13,24,35H,3,10-11,28H2,1-2H3,(H,32,36). The summed E-state index contributed by atoms with van der Waals surface area (Å²) in [6, 6.07) is 11.4. The molecular formula is C25H25F2N7O4. The summed E-state index contributed by atoms with van der Waals surface area (Å²) >= 11 is 0. The van der Waals surface area contributed by atoms with Gasteiger partial charge in [-0.1, -0.05) is 6.07 Å². The van der Waals surface area contributed by atoms with E-state index in [1.54, 1.807) is 30.2 Å². The number of amides is 1. The quantitative estimate of drug-likeness (QED) is 0.383. The highest BCUT2D eigenvalue weighted by atomic mass is 19.3. The number of carbonyl (C=O) groups excluding carboxylic acids is 1. The number of nitrogens with zero attached hydrogens (tertiary/aromatic N) is 5. The van der Waals surface area contributed by atoms with Crippen molar-refractivity contribution in [3.63, 3.8) is 0 Å². The van der Waals surface area contributed by atoms with Gasteiger partial charge in [0.25, 0.3) is 5.91 Å². The zero-order valence-electron chi connectivity index (χ0n) is 20.6. The summed E-state index contributed by atoms with van der Waals surface area (Å²) in [5.41, 5.74) is 9.35. The Labute approximate surface area is 215 Å². The lowest BCUT2D eigenvalue weighted by molar-refractivity contribution is -0.126. The Kier molecular flexibility index (Phi) is 6.65. The van der Waals surface area contributed by atoms with Crippen molar-refractivity contribution in [3.05, 3.63) is 60.1 Å². The zero-order valence-corrected chi connectivity index (χ0v) is 20.6. The molecule has 198 valence electrons. The highest BCUT2D eigenvalue weighted by molar-refractivity contribution is 6.70. The number of hydrogen-bond donors (Lipinski definition) is 3. The first-order chi connectivity index (χ1) is 18.2. The van der Waals surface area contributed by atoms with Crippen LogP contribution in [0, 0.1) is 0 Å². The second-order valence-electron chi connectivity index (χ2n) is 8.50. The van der Waals surface area contributed by atoms with Gasteiger partial charge in [0, 0.05) is 37.5 Å². The number of aliphatic imine (C=N–C) groups is 2. The van der Waals surface area contributed by atoms with Gasteiger partial charge in [-0.2, -0.15) is 13.8 Å². The van der Waals surface area contributed by atoms with Crippen LogP contribution in [0.15, 0.2) is 58.6 Å². The Hall–Kier alpha value is -4.20. The molecule has 2 aliphatic heterocycles. The SMILES string of the molecule is CCOC1(N)N=C2C(=NC(c3ccc4nc(CCO)n(C)c4c3)=CN2c2ccc(OC(F)F)cc2)C(=O)N1. The number of fused-ring (bicyclic) bond motifs is 2. The second-order valence-corrected chi connectivity index (χ2v) is 8.50. The van der Waals surface area contributed by atoms with Crippen LogP contribution in [0.25, 0.3) is 16.7 Å². The lowest BCUT2D eigenvalue weighted by atomic mass is 10.1. The lowest BCUT2D eigenvalue weighted by Crippen LogP contribution is -2.64. The minimum atomic E-state index is -2.96. The molecule has 2 aromatic carbocycles. The summed E-state index contributed by atoms with van der Waals surface area (Å²) in [5, 5.41) is 11.9. The van der Waals surface area contributed by atoms with Gasteiger partial charge in [0.2, 0.25) is 0 Å². The number of halogens is 2. The molecule has 1 atom stereocenters. The Balaban J connectivity index is 1.62. The minimum absolute atomic E-state index is 0.00209. The maximum absolute atomic E-state index is 13.1. The lowest BCUT2D eigenvalue weighted by Gasteiger charge is -2.36. The molecule has 0 spiro atoms. The molecule has 1 unspecified atom stereocenters. The van der Waals surface area contributed by atoms with E-state index in [1.807, 2.05) is 29.8 Å². The molecule has 3 heterocycles. The molecule has 5 rings (SSSR count). The molecule has 0 radical (unpaired) electrons. The number of benzene rings is 2. The Morgan fingerprint density at radius 3 is 2.66 bits per heavy atom. The number of nitrogens with one attached hydrogen (secondary N) is 1. The number of rotatable bonds is 8. The van der Waals surface area contributed by atoms with Crippen LogP contribution in [0.2, 0.25) is 0 Å². The number of ether oxygens (including phenoxy) is 2. The van der Waals surface area contributed by atoms with E-state index in [2.05, 4.69) is 25.0 Å². The monoisotopic (exact) mass is 525 g/mol. The molecule has 11 nitrogen and oxygen atoms in total. The molecule has 13 heteroatoms. The zero-order chi connectivity index (χ0) is 27.0. The summed E-state index contributed by atoms with van der Waals surface area (Å²) in [6.45, 7) is -1.09. The van der Waals surface area contributed by atoms with E-state index < -0.39 is 18.5 Å². The summed E-state index contributed by atoms with van der Waals surface area (Å²) in [6.07, 6.45) is 2.08. The molecule has 0 aliphatic carbocycles. The first-order valence-electron chi connectivity index (χ1n) is 11.8. The van der Waals surface area contributed by atoms with Crippen molar-refractivity contribution in [3.8, 4) is 5.75 Å². The van der Waals surface area contributed by atoms with Gasteiger partial charge >= 0.3 is 12.6 Å². The van der Waals surface area contributed by atoms with Crippen molar-refractivity contribution >= 4 is 39.9 Å². The fraction of sp³-hybridized carbons (Fsp3) is 0.280. The van der Waals surface area contributed by atoms with Gasteiger partial charge in [0.15, 0.2) is 11.5 Å². The summed E-state index contributed by atoms with van der Waals surface area (Å²) in [5.74, 6) is -1.56. The first kappa shape index (κ1) is 25.4. The predicted molar refractivity (Wildman–Crippen MR) is 137 cm³/mol. The minimum Gasteiger partial charge on any atom is -0.435 e. The molecule has 1 amide bonds. The molecule has 0 saturated carbocycles. The third-order valence-electron chi connectivity index (χ3n) is 6.01. The van der Waals surface area contributed by atoms with E-state index in [0.29, 0.717) is 23.4 Å². The smallest absolute Gasteiger partial charge is 0.387 e. The molecule has 3 aromatic rings. The number of aromatic nitrogens is 2. The van der Waals surface area contributed by atoms with Crippen LogP contribution in [0.5, 0.6) is 5.75 Å². The van der Waals surface area contributed by atoms with Crippen LogP contribution < -0.4 is 20.7 Å². The fourth-order valence-corrected chi connectivity index (χ4v) is 4.30. The molecule has 4 N–H and O–H groups in total. The van der Waals surface area contributed by atoms with Crippen LogP contribution in [-0.4, -0.2) is 57.9 Å². The molecular weight excluding hydrogens is 500 g/mol. The van der Waals surface area contributed by atoms with E-state index in [1.165, 1.54) is 12.1 Å². The molecule has 0 saturated heterocycles. The number of imidazole rings is 1. The number of hydrogen-bond acceptors (Lipinski definition) is 9. The Morgan fingerprint density at radius 2 is 1.97 bits per heavy atom. The largest absolute Gasteiger partial charge is 0.435 e. The third kappa shape index (κ3) is 4.74. The number of aliphatic hydroxyl groups excluding tert-OH is 1. The topological polar surface area (TPSA) is 140 Å². The summed E-state index contributed by atoms with van der Waals surface area (Å²) < 4.78 is 37.1. The van der Waals surface area contributed by atoms with Gasteiger partial charge in [-0.25, -0.2) is 9.98 Å². The Bertz CT molecular complexity index is 1480. The Morgan fingerprint density at radius 1 is 1.21 bits per heavy atom. The van der Waals surface area contributed by atoms with Gasteiger partial charge in [-0.3, -0.25) is 20.7 Å². The molecule has 2 aliphatic rings. The van der Waals surface area contributed by atoms with Crippen LogP contribution in [0.3, 0.4) is 0 Å². The number of carbonyl (C=O) groups is 1. The maximum Gasteiger partial charge on any atom is 0.387 e. The first-order valence-corrected chi connectivity index (χ1v) is 11.8. The maximum atomic E-state index is 13.1. The van der Waals surface area contributed by atoms with Crippen molar-refractivity contribution in [2.45, 2.75) is 25.9 Å².